The molecule has 0 aliphatic carbocycles. The van der Waals surface area contributed by atoms with Crippen LogP contribution >= 0.6 is 11.6 Å². The largest absolute Gasteiger partial charge is 0.350 e. The summed E-state index contributed by atoms with van der Waals surface area (Å²) in [7, 11) is 0. The van der Waals surface area contributed by atoms with Crippen LogP contribution in [0.2, 0.25) is 5.15 Å². The van der Waals surface area contributed by atoms with Crippen LogP contribution in [-0.4, -0.2) is 27.6 Å². The van der Waals surface area contributed by atoms with E-state index in [0.717, 1.165) is 5.56 Å². The Hall–Kier alpha value is -2.54. The third-order valence-corrected chi connectivity index (χ3v) is 2.91. The first-order chi connectivity index (χ1) is 10.1. The van der Waals surface area contributed by atoms with E-state index in [9.17, 15) is 14.9 Å². The predicted molar refractivity (Wildman–Crippen MR) is 76.2 cm³/mol. The van der Waals surface area contributed by atoms with E-state index in [1.54, 1.807) is 12.1 Å². The Morgan fingerprint density at radius 2 is 1.90 bits per heavy atom. The van der Waals surface area contributed by atoms with Crippen LogP contribution in [0.4, 0.5) is 5.69 Å². The molecule has 0 atom stereocenters. The van der Waals surface area contributed by atoms with Crippen molar-refractivity contribution in [3.8, 4) is 0 Å². The molecule has 0 fully saturated rings. The topological polar surface area (TPSA) is 98.0 Å². The van der Waals surface area contributed by atoms with E-state index in [1.807, 2.05) is 0 Å². The van der Waals surface area contributed by atoms with Crippen molar-refractivity contribution >= 4 is 23.2 Å². The minimum Gasteiger partial charge on any atom is -0.350 e. The molecule has 1 aromatic carbocycles. The highest BCUT2D eigenvalue weighted by atomic mass is 35.5. The number of nitrogens with one attached hydrogen (secondary N) is 1. The van der Waals surface area contributed by atoms with Crippen molar-refractivity contribution in [1.82, 2.24) is 15.5 Å². The van der Waals surface area contributed by atoms with Crippen molar-refractivity contribution < 1.29 is 9.72 Å². The number of non-ortho nitro benzene ring substituents is 1. The molecule has 2 rings (SSSR count). The van der Waals surface area contributed by atoms with Gasteiger partial charge in [0.2, 0.25) is 0 Å². The Morgan fingerprint density at radius 1 is 1.19 bits per heavy atom. The maximum Gasteiger partial charge on any atom is 0.271 e. The third kappa shape index (κ3) is 4.22. The van der Waals surface area contributed by atoms with Crippen molar-refractivity contribution in [3.63, 3.8) is 0 Å². The average Bonchev–Trinajstić information content (AvgIpc) is 2.48. The molecule has 0 radical (unpaired) electrons. The third-order valence-electron chi connectivity index (χ3n) is 2.71. The molecular weight excluding hydrogens is 296 g/mol. The fraction of sp³-hybridized carbons (Fsp3) is 0.154. The molecule has 21 heavy (non-hydrogen) atoms. The number of aromatic nitrogens is 2. The molecule has 7 nitrogen and oxygen atoms in total. The van der Waals surface area contributed by atoms with Gasteiger partial charge in [0.25, 0.3) is 11.6 Å². The van der Waals surface area contributed by atoms with Crippen LogP contribution in [0.15, 0.2) is 36.4 Å². The normalized spacial score (nSPS) is 10.1. The van der Waals surface area contributed by atoms with E-state index in [-0.39, 0.29) is 22.4 Å². The number of carbonyl (C=O) groups is 1. The molecule has 1 N–H and O–H groups in total. The lowest BCUT2D eigenvalue weighted by molar-refractivity contribution is -0.384. The summed E-state index contributed by atoms with van der Waals surface area (Å²) in [6, 6.07) is 9.15. The van der Waals surface area contributed by atoms with Crippen LogP contribution in [0.1, 0.15) is 16.1 Å². The van der Waals surface area contributed by atoms with E-state index < -0.39 is 4.92 Å². The number of amides is 1. The minimum absolute atomic E-state index is 0.0409. The molecule has 2 aromatic rings. The highest BCUT2D eigenvalue weighted by molar-refractivity contribution is 6.29. The summed E-state index contributed by atoms with van der Waals surface area (Å²) >= 11 is 5.58. The van der Waals surface area contributed by atoms with Crippen LogP contribution in [0.3, 0.4) is 0 Å². The van der Waals surface area contributed by atoms with Crippen molar-refractivity contribution in [2.24, 2.45) is 0 Å². The number of benzene rings is 1. The lowest BCUT2D eigenvalue weighted by Gasteiger charge is -2.04. The molecule has 0 saturated carbocycles. The molecule has 0 aliphatic rings. The molecule has 1 amide bonds. The molecule has 1 heterocycles. The molecule has 0 spiro atoms. The zero-order chi connectivity index (χ0) is 15.2. The fourth-order valence-electron chi connectivity index (χ4n) is 1.63. The number of halogens is 1. The summed E-state index contributed by atoms with van der Waals surface area (Å²) in [6.45, 7) is 0.390. The summed E-state index contributed by atoms with van der Waals surface area (Å²) < 4.78 is 0. The standard InChI is InChI=1S/C13H11ClN4O3/c14-12-6-5-11(16-17-12)13(19)15-8-7-9-1-3-10(4-2-9)18(20)21/h1-6H,7-8H2,(H,15,19). The van der Waals surface area contributed by atoms with Gasteiger partial charge < -0.3 is 5.32 Å². The summed E-state index contributed by atoms with van der Waals surface area (Å²) in [5.74, 6) is -0.346. The second-order valence-corrected chi connectivity index (χ2v) is 4.56. The Labute approximate surface area is 125 Å². The lowest BCUT2D eigenvalue weighted by Crippen LogP contribution is -2.26. The summed E-state index contributed by atoms with van der Waals surface area (Å²) in [5.41, 5.74) is 1.12. The van der Waals surface area contributed by atoms with Crippen molar-refractivity contribution in [3.05, 3.63) is 62.9 Å². The molecule has 0 saturated heterocycles. The first-order valence-electron chi connectivity index (χ1n) is 6.07. The van der Waals surface area contributed by atoms with Crippen molar-refractivity contribution in [1.29, 1.82) is 0 Å². The quantitative estimate of drug-likeness (QED) is 0.673. The number of rotatable bonds is 5. The van der Waals surface area contributed by atoms with E-state index in [2.05, 4.69) is 15.5 Å². The molecule has 8 heteroatoms. The van der Waals surface area contributed by atoms with Gasteiger partial charge in [0, 0.05) is 18.7 Å². The zero-order valence-corrected chi connectivity index (χ0v) is 11.6. The minimum atomic E-state index is -0.454. The van der Waals surface area contributed by atoms with Crippen molar-refractivity contribution in [2.75, 3.05) is 6.54 Å². The van der Waals surface area contributed by atoms with Gasteiger partial charge in [0.15, 0.2) is 10.8 Å². The smallest absolute Gasteiger partial charge is 0.271 e. The summed E-state index contributed by atoms with van der Waals surface area (Å²) in [5, 5.41) is 20.7. The predicted octanol–water partition coefficient (Wildman–Crippen LogP) is 2.01. The van der Waals surface area contributed by atoms with E-state index >= 15 is 0 Å². The average molecular weight is 307 g/mol. The van der Waals surface area contributed by atoms with Gasteiger partial charge in [0.1, 0.15) is 0 Å². The van der Waals surface area contributed by atoms with Gasteiger partial charge in [-0.1, -0.05) is 23.7 Å². The Morgan fingerprint density at radius 3 is 2.48 bits per heavy atom. The number of nitrogens with zero attached hydrogens (tertiary/aromatic N) is 3. The molecule has 0 aliphatic heterocycles. The van der Waals surface area contributed by atoms with E-state index in [1.165, 1.54) is 24.3 Å². The number of nitro groups is 1. The van der Waals surface area contributed by atoms with Gasteiger partial charge in [-0.25, -0.2) is 0 Å². The summed E-state index contributed by atoms with van der Waals surface area (Å²) in [4.78, 5) is 21.8. The highest BCUT2D eigenvalue weighted by Gasteiger charge is 2.08. The fourth-order valence-corrected chi connectivity index (χ4v) is 1.73. The van der Waals surface area contributed by atoms with Crippen LogP contribution in [0.5, 0.6) is 0 Å². The van der Waals surface area contributed by atoms with E-state index in [0.29, 0.717) is 13.0 Å². The Bertz CT molecular complexity index is 643. The van der Waals surface area contributed by atoms with Crippen LogP contribution in [0.25, 0.3) is 0 Å². The SMILES string of the molecule is O=C(NCCc1ccc([N+](=O)[O-])cc1)c1ccc(Cl)nn1. The first kappa shape index (κ1) is 14.9. The van der Waals surface area contributed by atoms with Gasteiger partial charge in [-0.3, -0.25) is 14.9 Å². The van der Waals surface area contributed by atoms with Crippen LogP contribution in [-0.2, 0) is 6.42 Å². The maximum atomic E-state index is 11.7. The maximum absolute atomic E-state index is 11.7. The zero-order valence-electron chi connectivity index (χ0n) is 10.8. The van der Waals surface area contributed by atoms with Gasteiger partial charge in [-0.2, -0.15) is 0 Å². The number of carbonyl (C=O) groups excluding carboxylic acids is 1. The molecule has 0 unspecified atom stereocenters. The second kappa shape index (κ2) is 6.76. The van der Waals surface area contributed by atoms with Gasteiger partial charge in [-0.05, 0) is 24.1 Å². The molecule has 108 valence electrons. The number of nitro benzene ring substituents is 1. The molecular formula is C13H11ClN4O3. The lowest BCUT2D eigenvalue weighted by atomic mass is 10.1. The molecule has 1 aromatic heterocycles. The highest BCUT2D eigenvalue weighted by Crippen LogP contribution is 2.12. The van der Waals surface area contributed by atoms with Crippen LogP contribution < -0.4 is 5.32 Å². The number of hydrogen-bond donors (Lipinski definition) is 1. The monoisotopic (exact) mass is 306 g/mol. The number of hydrogen-bond acceptors (Lipinski definition) is 5. The summed E-state index contributed by atoms with van der Waals surface area (Å²) in [6.07, 6.45) is 0.560. The Balaban J connectivity index is 1.85. The van der Waals surface area contributed by atoms with E-state index in [4.69, 9.17) is 11.6 Å². The van der Waals surface area contributed by atoms with Gasteiger partial charge in [-0.15, -0.1) is 10.2 Å². The Kier molecular flexibility index (Phi) is 4.78. The van der Waals surface area contributed by atoms with Gasteiger partial charge in [0.05, 0.1) is 4.92 Å². The van der Waals surface area contributed by atoms with Crippen LogP contribution in [0, 0.1) is 10.1 Å². The first-order valence-corrected chi connectivity index (χ1v) is 6.45. The van der Waals surface area contributed by atoms with Crippen molar-refractivity contribution in [2.45, 2.75) is 6.42 Å². The molecule has 0 bridgehead atoms. The second-order valence-electron chi connectivity index (χ2n) is 4.17. The van der Waals surface area contributed by atoms with Gasteiger partial charge >= 0.3 is 0 Å².